The van der Waals surface area contributed by atoms with Gasteiger partial charge in [-0.05, 0) is 42.3 Å². The number of benzene rings is 2. The molecule has 8 nitrogen and oxygen atoms in total. The van der Waals surface area contributed by atoms with Gasteiger partial charge in [-0.2, -0.15) is 0 Å². The van der Waals surface area contributed by atoms with E-state index in [0.717, 1.165) is 22.0 Å². The van der Waals surface area contributed by atoms with E-state index in [1.807, 2.05) is 35.9 Å². The van der Waals surface area contributed by atoms with Crippen LogP contribution in [0.2, 0.25) is 0 Å². The first-order valence-corrected chi connectivity index (χ1v) is 11.9. The number of carbonyl (C=O) groups excluding carboxylic acids is 1. The van der Waals surface area contributed by atoms with Crippen LogP contribution in [0.4, 0.5) is 0 Å². The maximum absolute atomic E-state index is 12.4. The summed E-state index contributed by atoms with van der Waals surface area (Å²) in [5, 5.41) is 0. The Hall–Kier alpha value is -2.91. The van der Waals surface area contributed by atoms with E-state index in [9.17, 15) is 13.2 Å². The fraction of sp³-hybridized carbons (Fsp3) is 0.391. The zero-order valence-corrected chi connectivity index (χ0v) is 19.7. The van der Waals surface area contributed by atoms with Crippen molar-refractivity contribution < 1.29 is 22.7 Å². The number of esters is 1. The molecule has 0 unspecified atom stereocenters. The monoisotopic (exact) mass is 459 g/mol. The third-order valence-corrected chi connectivity index (χ3v) is 7.01. The van der Waals surface area contributed by atoms with Crippen molar-refractivity contribution in [2.75, 3.05) is 27.3 Å². The van der Waals surface area contributed by atoms with E-state index in [0.29, 0.717) is 17.8 Å². The maximum Gasteiger partial charge on any atom is 0.306 e. The zero-order valence-electron chi connectivity index (χ0n) is 18.9. The molecule has 2 aromatic carbocycles. The highest BCUT2D eigenvalue weighted by molar-refractivity contribution is 7.89. The Morgan fingerprint density at radius 1 is 1.12 bits per heavy atom. The highest BCUT2D eigenvalue weighted by atomic mass is 32.2. The minimum absolute atomic E-state index is 0.170. The van der Waals surface area contributed by atoms with Gasteiger partial charge < -0.3 is 14.0 Å². The summed E-state index contributed by atoms with van der Waals surface area (Å²) in [7, 11) is 1.28. The zero-order chi connectivity index (χ0) is 23.3. The van der Waals surface area contributed by atoms with Crippen LogP contribution >= 0.6 is 0 Å². The number of aromatic nitrogens is 2. The molecule has 0 saturated carbocycles. The average Bonchev–Trinajstić information content (AvgIpc) is 3.10. The van der Waals surface area contributed by atoms with E-state index >= 15 is 0 Å². The smallest absolute Gasteiger partial charge is 0.306 e. The van der Waals surface area contributed by atoms with Crippen molar-refractivity contribution in [3.63, 3.8) is 0 Å². The van der Waals surface area contributed by atoms with Gasteiger partial charge >= 0.3 is 5.97 Å². The quantitative estimate of drug-likeness (QED) is 0.342. The molecule has 0 atom stereocenters. The van der Waals surface area contributed by atoms with E-state index in [2.05, 4.69) is 11.9 Å². The molecule has 32 heavy (non-hydrogen) atoms. The normalized spacial score (nSPS) is 11.8. The van der Waals surface area contributed by atoms with E-state index in [4.69, 9.17) is 9.47 Å². The predicted octanol–water partition coefficient (Wildman–Crippen LogP) is 2.94. The lowest BCUT2D eigenvalue weighted by atomic mass is 10.2. The summed E-state index contributed by atoms with van der Waals surface area (Å²) in [6, 6.07) is 12.7. The van der Waals surface area contributed by atoms with E-state index < -0.39 is 10.0 Å². The lowest BCUT2D eigenvalue weighted by Crippen LogP contribution is -2.22. The number of carbonyl (C=O) groups is 1. The van der Waals surface area contributed by atoms with Gasteiger partial charge in [-0.1, -0.05) is 19.1 Å². The number of hydrogen-bond donors (Lipinski definition) is 0. The van der Waals surface area contributed by atoms with E-state index in [-0.39, 0.29) is 30.5 Å². The van der Waals surface area contributed by atoms with Crippen molar-refractivity contribution in [3.8, 4) is 5.75 Å². The van der Waals surface area contributed by atoms with Crippen LogP contribution in [0.5, 0.6) is 5.75 Å². The maximum atomic E-state index is 12.4. The summed E-state index contributed by atoms with van der Waals surface area (Å²) < 4.78 is 38.6. The minimum atomic E-state index is -3.54. The Labute approximate surface area is 188 Å². The molecular formula is C23H29N3O5S. The van der Waals surface area contributed by atoms with Crippen LogP contribution in [0.1, 0.15) is 24.7 Å². The van der Waals surface area contributed by atoms with Gasteiger partial charge in [0.1, 0.15) is 24.8 Å². The van der Waals surface area contributed by atoms with Crippen molar-refractivity contribution in [1.29, 1.82) is 0 Å². The largest absolute Gasteiger partial charge is 0.490 e. The van der Waals surface area contributed by atoms with E-state index in [1.54, 1.807) is 18.2 Å². The molecule has 3 aromatic rings. The van der Waals surface area contributed by atoms with Crippen LogP contribution in [0.25, 0.3) is 11.0 Å². The van der Waals surface area contributed by atoms with E-state index in [1.165, 1.54) is 19.7 Å². The Bertz CT molecular complexity index is 1200. The number of fused-ring (bicyclic) bond motifs is 1. The van der Waals surface area contributed by atoms with Crippen molar-refractivity contribution in [1.82, 2.24) is 13.9 Å². The topological polar surface area (TPSA) is 90.7 Å². The van der Waals surface area contributed by atoms with Gasteiger partial charge in [-0.15, -0.1) is 0 Å². The van der Waals surface area contributed by atoms with Gasteiger partial charge in [0.15, 0.2) is 0 Å². The molecule has 0 aliphatic heterocycles. The molecule has 9 heteroatoms. The van der Waals surface area contributed by atoms with Gasteiger partial charge in [0.25, 0.3) is 0 Å². The molecule has 172 valence electrons. The molecule has 0 bridgehead atoms. The second-order valence-corrected chi connectivity index (χ2v) is 9.75. The minimum Gasteiger partial charge on any atom is -0.490 e. The third kappa shape index (κ3) is 5.46. The average molecular weight is 460 g/mol. The van der Waals surface area contributed by atoms with Crippen molar-refractivity contribution >= 4 is 27.0 Å². The van der Waals surface area contributed by atoms with Gasteiger partial charge in [0.2, 0.25) is 10.0 Å². The number of nitrogens with zero attached hydrogens (tertiary/aromatic N) is 3. The third-order valence-electron chi connectivity index (χ3n) is 5.20. The standard InChI is InChI=1S/C23H29N3O5S/c1-5-17-7-6-8-18(15-17)30-13-14-31-23(27)12-11-22-24-20-16-19(32(28,29)25(2)3)9-10-21(20)26(22)4/h6-10,15-16H,5,11-14H2,1-4H3. The summed E-state index contributed by atoms with van der Waals surface area (Å²) in [6.45, 7) is 2.54. The molecule has 0 aliphatic rings. The Kier molecular flexibility index (Phi) is 7.52. The fourth-order valence-corrected chi connectivity index (χ4v) is 4.20. The number of sulfonamides is 1. The Balaban J connectivity index is 1.53. The van der Waals surface area contributed by atoms with Crippen LogP contribution in [-0.4, -0.2) is 55.6 Å². The second-order valence-electron chi connectivity index (χ2n) is 7.59. The fourth-order valence-electron chi connectivity index (χ4n) is 3.28. The summed E-state index contributed by atoms with van der Waals surface area (Å²) in [6.07, 6.45) is 1.49. The van der Waals surface area contributed by atoms with Crippen LogP contribution in [-0.2, 0) is 39.4 Å². The molecule has 3 rings (SSSR count). The van der Waals surface area contributed by atoms with Crippen molar-refractivity contribution in [3.05, 3.63) is 53.9 Å². The number of ether oxygens (including phenoxy) is 2. The Morgan fingerprint density at radius 3 is 2.62 bits per heavy atom. The van der Waals surface area contributed by atoms with Crippen molar-refractivity contribution in [2.24, 2.45) is 7.05 Å². The molecule has 0 radical (unpaired) electrons. The number of aryl methyl sites for hydroxylation is 3. The molecule has 0 N–H and O–H groups in total. The molecule has 0 amide bonds. The van der Waals surface area contributed by atoms with Crippen LogP contribution < -0.4 is 4.74 Å². The number of rotatable bonds is 10. The van der Waals surface area contributed by atoms with Gasteiger partial charge in [0, 0.05) is 27.6 Å². The first kappa shape index (κ1) is 23.7. The first-order chi connectivity index (χ1) is 15.2. The van der Waals surface area contributed by atoms with Crippen LogP contribution in [0.3, 0.4) is 0 Å². The molecule has 0 saturated heterocycles. The summed E-state index contributed by atoms with van der Waals surface area (Å²) in [5.41, 5.74) is 2.56. The predicted molar refractivity (Wildman–Crippen MR) is 122 cm³/mol. The first-order valence-electron chi connectivity index (χ1n) is 10.5. The highest BCUT2D eigenvalue weighted by Crippen LogP contribution is 2.22. The van der Waals surface area contributed by atoms with Gasteiger partial charge in [-0.25, -0.2) is 17.7 Å². The lowest BCUT2D eigenvalue weighted by molar-refractivity contribution is -0.144. The molecule has 0 fully saturated rings. The lowest BCUT2D eigenvalue weighted by Gasteiger charge is -2.10. The SMILES string of the molecule is CCc1cccc(OCCOC(=O)CCc2nc3cc(S(=O)(=O)N(C)C)ccc3n2C)c1. The number of hydrogen-bond acceptors (Lipinski definition) is 6. The molecule has 1 aromatic heterocycles. The van der Waals surface area contributed by atoms with Crippen molar-refractivity contribution in [2.45, 2.75) is 31.1 Å². The Morgan fingerprint density at radius 2 is 1.91 bits per heavy atom. The summed E-state index contributed by atoms with van der Waals surface area (Å²) in [4.78, 5) is 16.8. The number of imidazole rings is 1. The molecule has 0 aliphatic carbocycles. The molecule has 1 heterocycles. The highest BCUT2D eigenvalue weighted by Gasteiger charge is 2.19. The van der Waals surface area contributed by atoms with Crippen LogP contribution in [0, 0.1) is 0 Å². The summed E-state index contributed by atoms with van der Waals surface area (Å²) >= 11 is 0. The van der Waals surface area contributed by atoms with Crippen LogP contribution in [0.15, 0.2) is 47.4 Å². The van der Waals surface area contributed by atoms with Gasteiger partial charge in [0.05, 0.1) is 22.3 Å². The molecular weight excluding hydrogens is 430 g/mol. The van der Waals surface area contributed by atoms with Gasteiger partial charge in [-0.3, -0.25) is 4.79 Å². The second kappa shape index (κ2) is 10.1. The summed E-state index contributed by atoms with van der Waals surface area (Å²) in [5.74, 6) is 1.11. The molecule has 0 spiro atoms.